The topological polar surface area (TPSA) is 54.0 Å². The molecule has 0 radical (unpaired) electrons. The number of pyridine rings is 1. The molecule has 1 aromatic carbocycles. The van der Waals surface area contributed by atoms with Gasteiger partial charge in [-0.2, -0.15) is 0 Å². The summed E-state index contributed by atoms with van der Waals surface area (Å²) in [6.07, 6.45) is 3.67. The lowest BCUT2D eigenvalue weighted by Crippen LogP contribution is -2.14. The molecule has 102 valence electrons. The Morgan fingerprint density at radius 1 is 1.10 bits per heavy atom. The van der Waals surface area contributed by atoms with Gasteiger partial charge in [0.1, 0.15) is 5.82 Å². The number of amides is 1. The Kier molecular flexibility index (Phi) is 3.56. The van der Waals surface area contributed by atoms with Gasteiger partial charge in [0.2, 0.25) is 5.91 Å². The van der Waals surface area contributed by atoms with Crippen LogP contribution in [-0.4, -0.2) is 10.9 Å². The molecule has 1 amide bonds. The molecule has 4 nitrogen and oxygen atoms in total. The first kappa shape index (κ1) is 12.9. The first-order valence-electron chi connectivity index (χ1n) is 6.50. The maximum absolute atomic E-state index is 11.6. The number of aromatic nitrogens is 1. The van der Waals surface area contributed by atoms with Crippen molar-refractivity contribution in [3.05, 3.63) is 47.6 Å². The molecule has 3 rings (SSSR count). The Morgan fingerprint density at radius 2 is 1.80 bits per heavy atom. The largest absolute Gasteiger partial charge is 0.354 e. The van der Waals surface area contributed by atoms with Crippen LogP contribution in [0.4, 0.5) is 17.2 Å². The van der Waals surface area contributed by atoms with E-state index >= 15 is 0 Å². The number of hydrogen-bond acceptors (Lipinski definition) is 3. The van der Waals surface area contributed by atoms with E-state index in [-0.39, 0.29) is 11.8 Å². The van der Waals surface area contributed by atoms with E-state index in [2.05, 4.69) is 15.6 Å². The van der Waals surface area contributed by atoms with E-state index in [0.29, 0.717) is 10.8 Å². The summed E-state index contributed by atoms with van der Waals surface area (Å²) in [6, 6.07) is 11.1. The highest BCUT2D eigenvalue weighted by atomic mass is 35.5. The van der Waals surface area contributed by atoms with E-state index in [1.54, 1.807) is 12.3 Å². The number of benzene rings is 1. The van der Waals surface area contributed by atoms with Crippen LogP contribution < -0.4 is 10.6 Å². The second-order valence-corrected chi connectivity index (χ2v) is 5.26. The normalized spacial score (nSPS) is 13.8. The summed E-state index contributed by atoms with van der Waals surface area (Å²) in [7, 11) is 0. The van der Waals surface area contributed by atoms with Gasteiger partial charge in [-0.25, -0.2) is 4.98 Å². The number of nitrogens with zero attached hydrogens (tertiary/aromatic N) is 1. The van der Waals surface area contributed by atoms with Gasteiger partial charge in [-0.1, -0.05) is 11.6 Å². The lowest BCUT2D eigenvalue weighted by atomic mass is 10.3. The van der Waals surface area contributed by atoms with Crippen LogP contribution in [0.5, 0.6) is 0 Å². The average molecular weight is 288 g/mol. The van der Waals surface area contributed by atoms with Gasteiger partial charge in [-0.3, -0.25) is 4.79 Å². The third-order valence-corrected chi connectivity index (χ3v) is 3.35. The number of carbonyl (C=O) groups excluding carboxylic acids is 1. The molecule has 1 aliphatic rings. The molecular weight excluding hydrogens is 274 g/mol. The molecule has 1 aliphatic carbocycles. The molecule has 0 saturated heterocycles. The van der Waals surface area contributed by atoms with Crippen molar-refractivity contribution < 1.29 is 4.79 Å². The van der Waals surface area contributed by atoms with Crippen LogP contribution in [0, 0.1) is 5.92 Å². The highest BCUT2D eigenvalue weighted by molar-refractivity contribution is 6.30. The van der Waals surface area contributed by atoms with Crippen molar-refractivity contribution in [1.82, 2.24) is 4.98 Å². The minimum atomic E-state index is 0.0657. The van der Waals surface area contributed by atoms with Crippen molar-refractivity contribution in [1.29, 1.82) is 0 Å². The lowest BCUT2D eigenvalue weighted by Gasteiger charge is -2.07. The third kappa shape index (κ3) is 3.27. The van der Waals surface area contributed by atoms with Crippen LogP contribution in [0.2, 0.25) is 5.02 Å². The Bertz CT molecular complexity index is 606. The zero-order valence-electron chi connectivity index (χ0n) is 10.8. The molecule has 0 spiro atoms. The maximum atomic E-state index is 11.6. The van der Waals surface area contributed by atoms with Crippen molar-refractivity contribution in [2.45, 2.75) is 12.8 Å². The van der Waals surface area contributed by atoms with Crippen molar-refractivity contribution in [3.8, 4) is 0 Å². The molecular formula is C15H14ClN3O. The monoisotopic (exact) mass is 287 g/mol. The summed E-state index contributed by atoms with van der Waals surface area (Å²) in [5.41, 5.74) is 1.79. The Labute approximate surface area is 122 Å². The van der Waals surface area contributed by atoms with Gasteiger partial charge < -0.3 is 10.6 Å². The first-order valence-corrected chi connectivity index (χ1v) is 6.88. The van der Waals surface area contributed by atoms with Crippen LogP contribution in [0.1, 0.15) is 12.8 Å². The van der Waals surface area contributed by atoms with Gasteiger partial charge in [0.05, 0.1) is 11.9 Å². The van der Waals surface area contributed by atoms with Crippen LogP contribution >= 0.6 is 11.6 Å². The molecule has 5 heteroatoms. The highest BCUT2D eigenvalue weighted by Gasteiger charge is 2.29. The Balaban J connectivity index is 1.63. The molecule has 2 aromatic rings. The zero-order valence-corrected chi connectivity index (χ0v) is 11.5. The molecule has 2 N–H and O–H groups in total. The number of halogens is 1. The SMILES string of the molecule is O=C(Nc1ccc(Nc2ccc(Cl)cc2)cn1)C1CC1. The molecule has 0 unspecified atom stereocenters. The number of rotatable bonds is 4. The summed E-state index contributed by atoms with van der Waals surface area (Å²) in [4.78, 5) is 15.8. The fraction of sp³-hybridized carbons (Fsp3) is 0.200. The van der Waals surface area contributed by atoms with Gasteiger partial charge in [-0.05, 0) is 49.2 Å². The highest BCUT2D eigenvalue weighted by Crippen LogP contribution is 2.30. The van der Waals surface area contributed by atoms with Crippen LogP contribution in [0.3, 0.4) is 0 Å². The van der Waals surface area contributed by atoms with Gasteiger partial charge in [0.25, 0.3) is 0 Å². The lowest BCUT2D eigenvalue weighted by molar-refractivity contribution is -0.117. The summed E-state index contributed by atoms with van der Waals surface area (Å²) < 4.78 is 0. The fourth-order valence-corrected chi connectivity index (χ4v) is 1.94. The summed E-state index contributed by atoms with van der Waals surface area (Å²) >= 11 is 5.83. The van der Waals surface area contributed by atoms with E-state index in [1.165, 1.54) is 0 Å². The number of nitrogens with one attached hydrogen (secondary N) is 2. The van der Waals surface area contributed by atoms with E-state index in [4.69, 9.17) is 11.6 Å². The van der Waals surface area contributed by atoms with E-state index in [9.17, 15) is 4.79 Å². The van der Waals surface area contributed by atoms with Crippen LogP contribution in [-0.2, 0) is 4.79 Å². The quantitative estimate of drug-likeness (QED) is 0.898. The zero-order chi connectivity index (χ0) is 13.9. The smallest absolute Gasteiger partial charge is 0.228 e. The molecule has 0 aliphatic heterocycles. The molecule has 0 atom stereocenters. The minimum Gasteiger partial charge on any atom is -0.354 e. The van der Waals surface area contributed by atoms with Crippen molar-refractivity contribution >= 4 is 34.7 Å². The molecule has 0 bridgehead atoms. The maximum Gasteiger partial charge on any atom is 0.228 e. The molecule has 1 heterocycles. The summed E-state index contributed by atoms with van der Waals surface area (Å²) in [6.45, 7) is 0. The van der Waals surface area contributed by atoms with Crippen molar-refractivity contribution in [2.24, 2.45) is 5.92 Å². The molecule has 1 aromatic heterocycles. The Hall–Kier alpha value is -2.07. The van der Waals surface area contributed by atoms with E-state index in [1.807, 2.05) is 30.3 Å². The van der Waals surface area contributed by atoms with Crippen LogP contribution in [0.15, 0.2) is 42.6 Å². The standard InChI is InChI=1S/C15H14ClN3O/c16-11-3-5-12(6-4-11)18-13-7-8-14(17-9-13)19-15(20)10-1-2-10/h3-10,18H,1-2H2,(H,17,19,20). The van der Waals surface area contributed by atoms with Crippen molar-refractivity contribution in [3.63, 3.8) is 0 Å². The van der Waals surface area contributed by atoms with Gasteiger partial charge in [0.15, 0.2) is 0 Å². The number of hydrogen-bond donors (Lipinski definition) is 2. The fourth-order valence-electron chi connectivity index (χ4n) is 1.82. The van der Waals surface area contributed by atoms with Gasteiger partial charge in [0, 0.05) is 16.6 Å². The molecule has 20 heavy (non-hydrogen) atoms. The Morgan fingerprint density at radius 3 is 2.40 bits per heavy atom. The average Bonchev–Trinajstić information content (AvgIpc) is 3.28. The first-order chi connectivity index (χ1) is 9.70. The van der Waals surface area contributed by atoms with Crippen molar-refractivity contribution in [2.75, 3.05) is 10.6 Å². The predicted molar refractivity (Wildman–Crippen MR) is 80.3 cm³/mol. The number of anilines is 3. The molecule has 1 saturated carbocycles. The minimum absolute atomic E-state index is 0.0657. The van der Waals surface area contributed by atoms with E-state index in [0.717, 1.165) is 24.2 Å². The van der Waals surface area contributed by atoms with Crippen LogP contribution in [0.25, 0.3) is 0 Å². The number of carbonyl (C=O) groups is 1. The third-order valence-electron chi connectivity index (χ3n) is 3.10. The summed E-state index contributed by atoms with van der Waals surface area (Å²) in [5.74, 6) is 0.836. The second kappa shape index (κ2) is 5.51. The second-order valence-electron chi connectivity index (χ2n) is 4.83. The van der Waals surface area contributed by atoms with Gasteiger partial charge >= 0.3 is 0 Å². The summed E-state index contributed by atoms with van der Waals surface area (Å²) in [5, 5.41) is 6.72. The molecule has 1 fully saturated rings. The predicted octanol–water partition coefficient (Wildman–Crippen LogP) is 3.83. The van der Waals surface area contributed by atoms with E-state index < -0.39 is 0 Å². The van der Waals surface area contributed by atoms with Gasteiger partial charge in [-0.15, -0.1) is 0 Å².